The van der Waals surface area contributed by atoms with Gasteiger partial charge in [-0.2, -0.15) is 13.2 Å². The number of phenols is 1. The molecule has 5 nitrogen and oxygen atoms in total. The molecular weight excluding hydrogens is 505 g/mol. The topological polar surface area (TPSA) is 65.9 Å². The lowest BCUT2D eigenvalue weighted by atomic mass is 10.1. The molecule has 0 amide bonds. The number of benzene rings is 2. The molecule has 3 N–H and O–H groups in total. The number of aromatic hydroxyl groups is 1. The second-order valence-corrected chi connectivity index (χ2v) is 6.08. The number of guanidine groups is 1. The predicted molar refractivity (Wildman–Crippen MR) is 113 cm³/mol. The predicted octanol–water partition coefficient (Wildman–Crippen LogP) is 4.26. The molecule has 160 valence electrons. The maximum absolute atomic E-state index is 13.4. The maximum Gasteiger partial charge on any atom is 0.422 e. The molecule has 0 spiro atoms. The minimum absolute atomic E-state index is 0. The third kappa shape index (κ3) is 8.34. The summed E-state index contributed by atoms with van der Waals surface area (Å²) in [6.07, 6.45) is -4.43. The minimum atomic E-state index is -4.43. The highest BCUT2D eigenvalue weighted by molar-refractivity contribution is 14.0. The lowest BCUT2D eigenvalue weighted by Gasteiger charge is -2.16. The summed E-state index contributed by atoms with van der Waals surface area (Å²) in [4.78, 5) is 4.02. The van der Waals surface area contributed by atoms with Crippen LogP contribution in [-0.4, -0.2) is 30.9 Å². The fourth-order valence-corrected chi connectivity index (χ4v) is 2.35. The molecule has 0 aliphatic heterocycles. The highest BCUT2D eigenvalue weighted by Crippen LogP contribution is 2.23. The van der Waals surface area contributed by atoms with E-state index < -0.39 is 24.3 Å². The van der Waals surface area contributed by atoms with E-state index in [4.69, 9.17) is 4.74 Å². The van der Waals surface area contributed by atoms with Gasteiger partial charge < -0.3 is 20.5 Å². The average Bonchev–Trinajstić information content (AvgIpc) is 2.63. The van der Waals surface area contributed by atoms with E-state index in [-0.39, 0.29) is 42.8 Å². The molecule has 0 heterocycles. The smallest absolute Gasteiger partial charge is 0.422 e. The van der Waals surface area contributed by atoms with Gasteiger partial charge in [-0.05, 0) is 36.2 Å². The fraction of sp³-hybridized carbons (Fsp3) is 0.316. The van der Waals surface area contributed by atoms with Crippen LogP contribution in [0, 0.1) is 12.7 Å². The molecule has 0 aliphatic carbocycles. The van der Waals surface area contributed by atoms with Gasteiger partial charge in [0.25, 0.3) is 0 Å². The van der Waals surface area contributed by atoms with Crippen LogP contribution in [0.1, 0.15) is 16.7 Å². The number of hydrogen-bond donors (Lipinski definition) is 3. The van der Waals surface area contributed by atoms with Crippen molar-refractivity contribution in [2.75, 3.05) is 13.7 Å². The Kier molecular flexibility index (Phi) is 9.47. The van der Waals surface area contributed by atoms with Crippen molar-refractivity contribution in [1.29, 1.82) is 0 Å². The molecule has 0 atom stereocenters. The minimum Gasteiger partial charge on any atom is -0.505 e. The Morgan fingerprint density at radius 3 is 2.41 bits per heavy atom. The molecule has 0 aromatic heterocycles. The monoisotopic (exact) mass is 527 g/mol. The van der Waals surface area contributed by atoms with Crippen LogP contribution in [0.3, 0.4) is 0 Å². The van der Waals surface area contributed by atoms with Gasteiger partial charge in [0, 0.05) is 25.7 Å². The number of rotatable bonds is 6. The SMILES string of the molecule is CN=C(NCc1ccc(O)c(F)c1)NCc1ccc(C)cc1OCC(F)(F)F.I. The molecule has 0 fully saturated rings. The summed E-state index contributed by atoms with van der Waals surface area (Å²) in [7, 11) is 1.53. The number of alkyl halides is 3. The highest BCUT2D eigenvalue weighted by atomic mass is 127. The van der Waals surface area contributed by atoms with Crippen molar-refractivity contribution in [3.05, 3.63) is 58.9 Å². The number of aryl methyl sites for hydroxylation is 1. The van der Waals surface area contributed by atoms with Crippen LogP contribution in [-0.2, 0) is 13.1 Å². The Morgan fingerprint density at radius 1 is 1.10 bits per heavy atom. The average molecular weight is 527 g/mol. The van der Waals surface area contributed by atoms with Gasteiger partial charge in [0.15, 0.2) is 24.1 Å². The largest absolute Gasteiger partial charge is 0.505 e. The molecular formula is C19H22F4IN3O2. The molecule has 10 heteroatoms. The van der Waals surface area contributed by atoms with E-state index in [0.29, 0.717) is 17.1 Å². The number of hydrogen-bond acceptors (Lipinski definition) is 3. The van der Waals surface area contributed by atoms with Gasteiger partial charge in [-0.1, -0.05) is 18.2 Å². The van der Waals surface area contributed by atoms with E-state index in [1.807, 2.05) is 0 Å². The van der Waals surface area contributed by atoms with Gasteiger partial charge in [-0.25, -0.2) is 4.39 Å². The molecule has 0 aliphatic rings. The number of ether oxygens (including phenoxy) is 1. The van der Waals surface area contributed by atoms with E-state index in [1.165, 1.54) is 25.2 Å². The Bertz CT molecular complexity index is 845. The van der Waals surface area contributed by atoms with Crippen molar-refractivity contribution in [2.45, 2.75) is 26.2 Å². The summed E-state index contributed by atoms with van der Waals surface area (Å²) in [6.45, 7) is 0.803. The molecule has 0 saturated heterocycles. The zero-order valence-corrected chi connectivity index (χ0v) is 18.1. The lowest BCUT2D eigenvalue weighted by molar-refractivity contribution is -0.153. The van der Waals surface area contributed by atoms with Gasteiger partial charge in [-0.15, -0.1) is 24.0 Å². The van der Waals surface area contributed by atoms with Gasteiger partial charge in [0.2, 0.25) is 0 Å². The van der Waals surface area contributed by atoms with Crippen molar-refractivity contribution in [1.82, 2.24) is 10.6 Å². The first kappa shape index (κ1) is 24.8. The first-order valence-electron chi connectivity index (χ1n) is 8.39. The Hall–Kier alpha value is -2.24. The highest BCUT2D eigenvalue weighted by Gasteiger charge is 2.28. The molecule has 29 heavy (non-hydrogen) atoms. The van der Waals surface area contributed by atoms with Crippen LogP contribution in [0.4, 0.5) is 17.6 Å². The number of nitrogens with one attached hydrogen (secondary N) is 2. The summed E-state index contributed by atoms with van der Waals surface area (Å²) < 4.78 is 55.6. The van der Waals surface area contributed by atoms with E-state index in [9.17, 15) is 22.7 Å². The van der Waals surface area contributed by atoms with Crippen molar-refractivity contribution >= 4 is 29.9 Å². The van der Waals surface area contributed by atoms with Crippen LogP contribution in [0.2, 0.25) is 0 Å². The van der Waals surface area contributed by atoms with Gasteiger partial charge in [-0.3, -0.25) is 4.99 Å². The second kappa shape index (κ2) is 11.1. The molecule has 0 unspecified atom stereocenters. The standard InChI is InChI=1S/C19H21F4N3O2.HI/c1-12-3-5-14(17(7-12)28-11-19(21,22)23)10-26-18(24-2)25-9-13-4-6-16(27)15(20)8-13;/h3-8,27H,9-11H2,1-2H3,(H2,24,25,26);1H. The first-order chi connectivity index (χ1) is 13.2. The van der Waals surface area contributed by atoms with Crippen LogP contribution in [0.25, 0.3) is 0 Å². The number of aliphatic imine (C=N–C) groups is 1. The molecule has 0 saturated carbocycles. The Labute approximate surface area is 183 Å². The third-order valence-corrected chi connectivity index (χ3v) is 3.76. The van der Waals surface area contributed by atoms with E-state index >= 15 is 0 Å². The quantitative estimate of drug-likeness (QED) is 0.228. The van der Waals surface area contributed by atoms with Crippen molar-refractivity contribution in [3.63, 3.8) is 0 Å². The van der Waals surface area contributed by atoms with Gasteiger partial charge in [0.1, 0.15) is 5.75 Å². The molecule has 2 aromatic rings. The summed E-state index contributed by atoms with van der Waals surface area (Å²) in [5, 5.41) is 15.1. The van der Waals surface area contributed by atoms with E-state index in [0.717, 1.165) is 5.56 Å². The zero-order chi connectivity index (χ0) is 20.7. The third-order valence-electron chi connectivity index (χ3n) is 3.76. The summed E-state index contributed by atoms with van der Waals surface area (Å²) in [5.74, 6) is -0.651. The van der Waals surface area contributed by atoms with Crippen molar-refractivity contribution in [2.24, 2.45) is 4.99 Å². The molecule has 0 bridgehead atoms. The number of phenolic OH excluding ortho intramolecular Hbond substituents is 1. The summed E-state index contributed by atoms with van der Waals surface area (Å²) >= 11 is 0. The number of nitrogens with zero attached hydrogens (tertiary/aromatic N) is 1. The molecule has 2 rings (SSSR count). The molecule has 2 aromatic carbocycles. The summed E-state index contributed by atoms with van der Waals surface area (Å²) in [5.41, 5.74) is 1.90. The van der Waals surface area contributed by atoms with Crippen molar-refractivity contribution in [3.8, 4) is 11.5 Å². The van der Waals surface area contributed by atoms with Crippen LogP contribution in [0.5, 0.6) is 11.5 Å². The lowest BCUT2D eigenvalue weighted by Crippen LogP contribution is -2.36. The van der Waals surface area contributed by atoms with Gasteiger partial charge in [0.05, 0.1) is 0 Å². The van der Waals surface area contributed by atoms with Gasteiger partial charge >= 0.3 is 6.18 Å². The Morgan fingerprint density at radius 2 is 1.79 bits per heavy atom. The zero-order valence-electron chi connectivity index (χ0n) is 15.8. The van der Waals surface area contributed by atoms with Crippen LogP contribution >= 0.6 is 24.0 Å². The van der Waals surface area contributed by atoms with Crippen molar-refractivity contribution < 1.29 is 27.4 Å². The second-order valence-electron chi connectivity index (χ2n) is 6.08. The maximum atomic E-state index is 13.4. The molecule has 0 radical (unpaired) electrons. The van der Waals surface area contributed by atoms with Crippen LogP contribution in [0.15, 0.2) is 41.4 Å². The summed E-state index contributed by atoms with van der Waals surface area (Å²) in [6, 6.07) is 8.99. The van der Waals surface area contributed by atoms with E-state index in [2.05, 4.69) is 15.6 Å². The first-order valence-corrected chi connectivity index (χ1v) is 8.39. The van der Waals surface area contributed by atoms with Crippen LogP contribution < -0.4 is 15.4 Å². The fourth-order valence-electron chi connectivity index (χ4n) is 2.35. The van der Waals surface area contributed by atoms with E-state index in [1.54, 1.807) is 25.1 Å². The normalized spacial score (nSPS) is 11.6. The number of halogens is 5. The Balaban J connectivity index is 0.00000420.